The van der Waals surface area contributed by atoms with Crippen molar-refractivity contribution in [2.24, 2.45) is 10.3 Å². The number of nitrogens with zero attached hydrogens (tertiary/aromatic N) is 1. The number of hydrogen-bond acceptors (Lipinski definition) is 8. The summed E-state index contributed by atoms with van der Waals surface area (Å²) in [7, 11) is -8.70. The van der Waals surface area contributed by atoms with Crippen molar-refractivity contribution in [1.29, 1.82) is 0 Å². The fourth-order valence-corrected chi connectivity index (χ4v) is 10.3. The summed E-state index contributed by atoms with van der Waals surface area (Å²) in [5.74, 6) is -2.09. The highest BCUT2D eigenvalue weighted by atomic mass is 32.2. The molecule has 0 saturated heterocycles. The molecule has 2 heterocycles. The second-order valence-electron chi connectivity index (χ2n) is 11.0. The van der Waals surface area contributed by atoms with E-state index in [1.54, 1.807) is 42.5 Å². The molecule has 0 bridgehead atoms. The van der Waals surface area contributed by atoms with Gasteiger partial charge in [-0.15, -0.1) is 22.7 Å². The molecule has 2 unspecified atom stereocenters. The van der Waals surface area contributed by atoms with E-state index in [1.807, 2.05) is 48.9 Å². The van der Waals surface area contributed by atoms with Crippen LogP contribution in [0.2, 0.25) is 0 Å². The molecule has 0 aliphatic heterocycles. The zero-order valence-electron chi connectivity index (χ0n) is 24.9. The van der Waals surface area contributed by atoms with Gasteiger partial charge >= 0.3 is 5.97 Å². The van der Waals surface area contributed by atoms with Crippen molar-refractivity contribution in [3.63, 3.8) is 0 Å². The number of sulfone groups is 1. The number of thiophene rings is 2. The molecule has 2 aliphatic carbocycles. The first kappa shape index (κ1) is 31.3. The second kappa shape index (κ2) is 12.3. The minimum absolute atomic E-state index is 0.0267. The van der Waals surface area contributed by atoms with Crippen molar-refractivity contribution in [3.05, 3.63) is 116 Å². The minimum Gasteiger partial charge on any atom is -0.465 e. The normalized spacial score (nSPS) is 19.7. The Morgan fingerprint density at radius 2 is 1.38 bits per heavy atom. The molecule has 45 heavy (non-hydrogen) atoms. The van der Waals surface area contributed by atoms with Crippen LogP contribution in [0.1, 0.15) is 40.6 Å². The van der Waals surface area contributed by atoms with E-state index in [1.165, 1.54) is 35.6 Å². The van der Waals surface area contributed by atoms with E-state index in [4.69, 9.17) is 4.74 Å². The lowest BCUT2D eigenvalue weighted by Crippen LogP contribution is -2.39. The number of carbonyl (C=O) groups excluding carboxylic acids is 1. The molecule has 7 nitrogen and oxygen atoms in total. The van der Waals surface area contributed by atoms with Gasteiger partial charge < -0.3 is 4.74 Å². The van der Waals surface area contributed by atoms with Gasteiger partial charge in [-0.3, -0.25) is 4.79 Å². The quantitative estimate of drug-likeness (QED) is 0.181. The van der Waals surface area contributed by atoms with E-state index in [0.717, 1.165) is 37.6 Å². The smallest absolute Gasteiger partial charge is 0.319 e. The van der Waals surface area contributed by atoms with Crippen LogP contribution < -0.4 is 0 Å². The lowest BCUT2D eigenvalue weighted by molar-refractivity contribution is -0.143. The Hall–Kier alpha value is -3.64. The van der Waals surface area contributed by atoms with Gasteiger partial charge in [0.05, 0.1) is 22.1 Å². The largest absolute Gasteiger partial charge is 0.465 e. The summed E-state index contributed by atoms with van der Waals surface area (Å²) < 4.78 is 67.1. The molecule has 0 N–H and O–H groups in total. The van der Waals surface area contributed by atoms with E-state index in [0.29, 0.717) is 12.0 Å². The average molecular weight is 678 g/mol. The van der Waals surface area contributed by atoms with Gasteiger partial charge in [-0.05, 0) is 103 Å². The van der Waals surface area contributed by atoms with Crippen molar-refractivity contribution in [3.8, 4) is 0 Å². The molecule has 4 aromatic rings. The fraction of sp³-hybridized carbons (Fsp3) is 0.235. The van der Waals surface area contributed by atoms with Crippen molar-refractivity contribution in [2.75, 3.05) is 6.61 Å². The molecule has 0 radical (unpaired) electrons. The number of ether oxygens (including phenoxy) is 1. The van der Waals surface area contributed by atoms with E-state index < -0.39 is 37.0 Å². The average Bonchev–Trinajstić information content (AvgIpc) is 3.70. The number of fused-ring (bicyclic) bond motifs is 1. The highest BCUT2D eigenvalue weighted by Crippen LogP contribution is 2.53. The molecule has 2 aromatic heterocycles. The molecule has 6 rings (SSSR count). The lowest BCUT2D eigenvalue weighted by atomic mass is 9.76. The van der Waals surface area contributed by atoms with Gasteiger partial charge in [-0.1, -0.05) is 47.5 Å². The zero-order valence-corrected chi connectivity index (χ0v) is 28.2. The van der Waals surface area contributed by atoms with Gasteiger partial charge in [0.1, 0.15) is 11.2 Å². The molecule has 2 aromatic carbocycles. The Balaban J connectivity index is 1.68. The molecule has 11 heteroatoms. The Labute approximate surface area is 271 Å². The van der Waals surface area contributed by atoms with Crippen LogP contribution in [0.25, 0.3) is 11.1 Å². The maximum Gasteiger partial charge on any atom is 0.319 e. The number of allylic oxidation sites excluding steroid dienone is 3. The first-order valence-electron chi connectivity index (χ1n) is 14.4. The molecule has 0 saturated carbocycles. The predicted octanol–water partition coefficient (Wildman–Crippen LogP) is 7.29. The van der Waals surface area contributed by atoms with E-state index >= 15 is 0 Å². The number of rotatable bonds is 8. The molecular weight excluding hydrogens is 647 g/mol. The summed E-state index contributed by atoms with van der Waals surface area (Å²) in [5, 5.41) is 2.39. The maximum absolute atomic E-state index is 14.7. The topological polar surface area (TPSA) is 107 Å². The first-order valence-corrected chi connectivity index (χ1v) is 19.2. The van der Waals surface area contributed by atoms with Crippen LogP contribution in [0.15, 0.2) is 109 Å². The van der Waals surface area contributed by atoms with Crippen molar-refractivity contribution in [1.82, 2.24) is 0 Å². The summed E-state index contributed by atoms with van der Waals surface area (Å²) in [6.07, 6.45) is 0.472. The third kappa shape index (κ3) is 5.90. The van der Waals surface area contributed by atoms with Crippen LogP contribution in [0.3, 0.4) is 0 Å². The zero-order chi connectivity index (χ0) is 31.9. The Morgan fingerprint density at radius 1 is 0.800 bits per heavy atom. The third-order valence-electron chi connectivity index (χ3n) is 8.11. The van der Waals surface area contributed by atoms with Gasteiger partial charge in [0, 0.05) is 9.75 Å². The Morgan fingerprint density at radius 3 is 1.93 bits per heavy atom. The number of aryl methyl sites for hydroxylation is 2. The number of carbonyl (C=O) groups is 1. The van der Waals surface area contributed by atoms with Crippen LogP contribution in [-0.4, -0.2) is 40.4 Å². The minimum atomic E-state index is -4.44. The SMILES string of the molecule is CCOC(=O)C1C(c2cccs2)=C2CC(c3cccs3)=C2CC(S(=O)(=O)c2ccc(C)cc2)/C1=N/S(=O)(=O)c1ccc(C)cc1. The summed E-state index contributed by atoms with van der Waals surface area (Å²) >= 11 is 2.96. The van der Waals surface area contributed by atoms with Gasteiger partial charge in [0.2, 0.25) is 0 Å². The van der Waals surface area contributed by atoms with Crippen LogP contribution in [0.5, 0.6) is 0 Å². The number of benzene rings is 2. The molecule has 0 fully saturated rings. The van der Waals surface area contributed by atoms with Crippen molar-refractivity contribution >= 4 is 65.4 Å². The van der Waals surface area contributed by atoms with E-state index in [9.17, 15) is 21.6 Å². The van der Waals surface area contributed by atoms with Crippen molar-refractivity contribution < 1.29 is 26.4 Å². The third-order valence-corrected chi connectivity index (χ3v) is 13.3. The monoisotopic (exact) mass is 677 g/mol. The lowest BCUT2D eigenvalue weighted by Gasteiger charge is -2.30. The van der Waals surface area contributed by atoms with Gasteiger partial charge in [-0.25, -0.2) is 8.42 Å². The molecule has 2 atom stereocenters. The van der Waals surface area contributed by atoms with E-state index in [2.05, 4.69) is 4.40 Å². The standard InChI is InChI=1S/C34H31NO6S4/c1-4-41-34(36)32-31(29-8-6-18-43-29)27-19-26(28-7-5-17-42-28)25(27)20-30(44(37,38)23-13-9-21(2)10-14-23)33(32)35-45(39,40)24-15-11-22(3)12-16-24/h5-18,30,32H,4,19-20H2,1-3H3/b35-33-. The van der Waals surface area contributed by atoms with Gasteiger partial charge in [0.25, 0.3) is 10.0 Å². The second-order valence-corrected chi connectivity index (χ2v) is 16.7. The summed E-state index contributed by atoms with van der Waals surface area (Å²) in [5.41, 5.74) is 4.66. The molecule has 232 valence electrons. The van der Waals surface area contributed by atoms with Crippen LogP contribution in [-0.2, 0) is 29.4 Å². The predicted molar refractivity (Wildman–Crippen MR) is 180 cm³/mol. The van der Waals surface area contributed by atoms with Crippen LogP contribution >= 0.6 is 22.7 Å². The van der Waals surface area contributed by atoms with Crippen LogP contribution in [0.4, 0.5) is 0 Å². The molecule has 0 spiro atoms. The highest BCUT2D eigenvalue weighted by Gasteiger charge is 2.49. The molecule has 2 aliphatic rings. The van der Waals surface area contributed by atoms with Gasteiger partial charge in [-0.2, -0.15) is 12.8 Å². The number of sulfonamides is 1. The Bertz CT molecular complexity index is 2050. The van der Waals surface area contributed by atoms with Crippen LogP contribution in [0, 0.1) is 19.8 Å². The maximum atomic E-state index is 14.7. The summed E-state index contributed by atoms with van der Waals surface area (Å²) in [6.45, 7) is 5.38. The number of hydrogen-bond donors (Lipinski definition) is 0. The summed E-state index contributed by atoms with van der Waals surface area (Å²) in [4.78, 5) is 15.7. The number of esters is 1. The van der Waals surface area contributed by atoms with Gasteiger partial charge in [0.15, 0.2) is 9.84 Å². The fourth-order valence-electron chi connectivity index (χ4n) is 5.81. The molecular formula is C34H31NO6S4. The first-order chi connectivity index (χ1) is 21.5. The molecule has 0 amide bonds. The highest BCUT2D eigenvalue weighted by molar-refractivity contribution is 7.93. The Kier molecular flexibility index (Phi) is 8.55. The summed E-state index contributed by atoms with van der Waals surface area (Å²) in [6, 6.07) is 20.3. The van der Waals surface area contributed by atoms with E-state index in [-0.39, 0.29) is 28.5 Å². The van der Waals surface area contributed by atoms with Crippen molar-refractivity contribution in [2.45, 2.75) is 48.7 Å².